The van der Waals surface area contributed by atoms with Crippen LogP contribution in [0.1, 0.15) is 12.5 Å². The molecule has 3 rings (SSSR count). The fraction of sp³-hybridized carbons (Fsp3) is 0.143. The van der Waals surface area contributed by atoms with Crippen molar-refractivity contribution in [3.05, 3.63) is 69.0 Å². The summed E-state index contributed by atoms with van der Waals surface area (Å²) in [6.45, 7) is 6.28. The summed E-state index contributed by atoms with van der Waals surface area (Å²) in [7, 11) is 0. The molecule has 0 saturated carbocycles. The van der Waals surface area contributed by atoms with E-state index in [4.69, 9.17) is 33.3 Å². The molecule has 1 fully saturated rings. The van der Waals surface area contributed by atoms with Crippen LogP contribution >= 0.6 is 51.5 Å². The third-order valence-corrected chi connectivity index (χ3v) is 5.91. The van der Waals surface area contributed by atoms with Gasteiger partial charge in [-0.2, -0.15) is 0 Å². The Bertz CT molecular complexity index is 1010. The maximum absolute atomic E-state index is 13.0. The Morgan fingerprint density at radius 3 is 2.79 bits per heavy atom. The fourth-order valence-electron chi connectivity index (χ4n) is 2.67. The standard InChI is InChI=1S/C21H17BrClNO3S2/c1-3-8-27-19-16(23)9-13(10-17(19)26-4-2)11-18-20(25)24(21(28)29-18)15-7-5-6-14(22)12-15/h3,5-7,9-12H,1,4,8H2,2H3/b18-11+. The summed E-state index contributed by atoms with van der Waals surface area (Å²) in [4.78, 5) is 15.0. The van der Waals surface area contributed by atoms with Crippen molar-refractivity contribution in [1.82, 2.24) is 0 Å². The van der Waals surface area contributed by atoms with Gasteiger partial charge in [0, 0.05) is 4.47 Å². The number of anilines is 1. The van der Waals surface area contributed by atoms with E-state index in [-0.39, 0.29) is 5.91 Å². The van der Waals surface area contributed by atoms with Gasteiger partial charge in [-0.15, -0.1) is 0 Å². The third kappa shape index (κ3) is 5.04. The Morgan fingerprint density at radius 2 is 2.10 bits per heavy atom. The van der Waals surface area contributed by atoms with Crippen LogP contribution in [0.3, 0.4) is 0 Å². The first kappa shape index (κ1) is 21.9. The molecule has 4 nitrogen and oxygen atoms in total. The summed E-state index contributed by atoms with van der Waals surface area (Å²) in [6, 6.07) is 11.0. The highest BCUT2D eigenvalue weighted by Crippen LogP contribution is 2.40. The summed E-state index contributed by atoms with van der Waals surface area (Å²) >= 11 is 16.5. The van der Waals surface area contributed by atoms with E-state index in [2.05, 4.69) is 22.5 Å². The van der Waals surface area contributed by atoms with E-state index in [1.165, 1.54) is 16.7 Å². The molecule has 2 aromatic rings. The van der Waals surface area contributed by atoms with Crippen LogP contribution in [0.15, 0.2) is 58.4 Å². The van der Waals surface area contributed by atoms with Crippen LogP contribution in [-0.4, -0.2) is 23.4 Å². The zero-order chi connectivity index (χ0) is 21.0. The SMILES string of the molecule is C=CCOc1c(Cl)cc(/C=C2/SC(=S)N(c3cccc(Br)c3)C2=O)cc1OCC. The van der Waals surface area contributed by atoms with Gasteiger partial charge in [0.25, 0.3) is 5.91 Å². The number of nitrogens with zero attached hydrogens (tertiary/aromatic N) is 1. The number of carbonyl (C=O) groups is 1. The molecule has 1 aliphatic heterocycles. The van der Waals surface area contributed by atoms with E-state index >= 15 is 0 Å². The number of rotatable bonds is 7. The predicted octanol–water partition coefficient (Wildman–Crippen LogP) is 6.47. The lowest BCUT2D eigenvalue weighted by Crippen LogP contribution is -2.27. The van der Waals surface area contributed by atoms with Crippen LogP contribution in [0.4, 0.5) is 5.69 Å². The molecule has 8 heteroatoms. The highest BCUT2D eigenvalue weighted by Gasteiger charge is 2.33. The van der Waals surface area contributed by atoms with E-state index in [0.29, 0.717) is 44.6 Å². The van der Waals surface area contributed by atoms with Gasteiger partial charge >= 0.3 is 0 Å². The smallest absolute Gasteiger partial charge is 0.270 e. The largest absolute Gasteiger partial charge is 0.490 e. The summed E-state index contributed by atoms with van der Waals surface area (Å²) < 4.78 is 12.6. The van der Waals surface area contributed by atoms with Crippen molar-refractivity contribution in [1.29, 1.82) is 0 Å². The molecule has 1 heterocycles. The average molecular weight is 511 g/mol. The molecule has 1 saturated heterocycles. The summed E-state index contributed by atoms with van der Waals surface area (Å²) in [6.07, 6.45) is 3.39. The van der Waals surface area contributed by atoms with Gasteiger partial charge in [0.05, 0.1) is 22.2 Å². The normalized spacial score (nSPS) is 15.1. The number of hydrogen-bond acceptors (Lipinski definition) is 5. The van der Waals surface area contributed by atoms with Crippen LogP contribution < -0.4 is 14.4 Å². The molecule has 0 N–H and O–H groups in total. The number of halogens is 2. The van der Waals surface area contributed by atoms with Crippen molar-refractivity contribution in [2.75, 3.05) is 18.1 Å². The second-order valence-electron chi connectivity index (χ2n) is 5.86. The van der Waals surface area contributed by atoms with E-state index in [9.17, 15) is 4.79 Å². The number of thioether (sulfide) groups is 1. The molecule has 0 radical (unpaired) electrons. The van der Waals surface area contributed by atoms with Gasteiger partial charge in [-0.25, -0.2) is 0 Å². The van der Waals surface area contributed by atoms with Crippen molar-refractivity contribution in [3.63, 3.8) is 0 Å². The van der Waals surface area contributed by atoms with Crippen molar-refractivity contribution in [2.24, 2.45) is 0 Å². The maximum atomic E-state index is 13.0. The molecular weight excluding hydrogens is 494 g/mol. The van der Waals surface area contributed by atoms with Crippen LogP contribution in [0.25, 0.3) is 6.08 Å². The topological polar surface area (TPSA) is 38.8 Å². The quantitative estimate of drug-likeness (QED) is 0.242. The van der Waals surface area contributed by atoms with Crippen molar-refractivity contribution in [2.45, 2.75) is 6.92 Å². The predicted molar refractivity (Wildman–Crippen MR) is 128 cm³/mol. The molecule has 150 valence electrons. The van der Waals surface area contributed by atoms with Crippen molar-refractivity contribution in [3.8, 4) is 11.5 Å². The highest BCUT2D eigenvalue weighted by atomic mass is 79.9. The molecule has 0 aliphatic carbocycles. The Balaban J connectivity index is 1.94. The number of ether oxygens (including phenoxy) is 2. The first-order valence-corrected chi connectivity index (χ1v) is 11.1. The molecule has 1 aliphatic rings. The maximum Gasteiger partial charge on any atom is 0.270 e. The molecule has 0 spiro atoms. The van der Waals surface area contributed by atoms with Gasteiger partial charge in [0.1, 0.15) is 6.61 Å². The zero-order valence-electron chi connectivity index (χ0n) is 15.5. The fourth-order valence-corrected chi connectivity index (χ4v) is 4.63. The van der Waals surface area contributed by atoms with Gasteiger partial charge in [0.15, 0.2) is 15.8 Å². The highest BCUT2D eigenvalue weighted by molar-refractivity contribution is 9.10. The first-order chi connectivity index (χ1) is 13.9. The minimum Gasteiger partial charge on any atom is -0.490 e. The Morgan fingerprint density at radius 1 is 1.31 bits per heavy atom. The zero-order valence-corrected chi connectivity index (χ0v) is 19.5. The lowest BCUT2D eigenvalue weighted by molar-refractivity contribution is -0.113. The van der Waals surface area contributed by atoms with E-state index in [1.54, 1.807) is 24.3 Å². The lowest BCUT2D eigenvalue weighted by Gasteiger charge is -2.15. The number of benzene rings is 2. The van der Waals surface area contributed by atoms with E-state index < -0.39 is 0 Å². The van der Waals surface area contributed by atoms with Gasteiger partial charge < -0.3 is 9.47 Å². The summed E-state index contributed by atoms with van der Waals surface area (Å²) in [5.74, 6) is 0.780. The number of carbonyl (C=O) groups excluding carboxylic acids is 1. The average Bonchev–Trinajstić information content (AvgIpc) is 2.94. The first-order valence-electron chi connectivity index (χ1n) is 8.68. The van der Waals surface area contributed by atoms with Gasteiger partial charge in [-0.1, -0.05) is 70.2 Å². The van der Waals surface area contributed by atoms with Crippen LogP contribution in [0.5, 0.6) is 11.5 Å². The summed E-state index contributed by atoms with van der Waals surface area (Å²) in [5, 5.41) is 0.395. The minimum atomic E-state index is -0.181. The molecule has 0 unspecified atom stereocenters. The lowest BCUT2D eigenvalue weighted by atomic mass is 10.1. The van der Waals surface area contributed by atoms with Gasteiger partial charge in [-0.05, 0) is 48.9 Å². The van der Waals surface area contributed by atoms with Crippen molar-refractivity contribution < 1.29 is 14.3 Å². The second kappa shape index (κ2) is 9.80. The number of hydrogen-bond donors (Lipinski definition) is 0. The Labute approximate surface area is 192 Å². The van der Waals surface area contributed by atoms with Gasteiger partial charge in [-0.3, -0.25) is 9.69 Å². The molecule has 0 bridgehead atoms. The Hall–Kier alpha value is -1.80. The summed E-state index contributed by atoms with van der Waals surface area (Å²) in [5.41, 5.74) is 1.44. The minimum absolute atomic E-state index is 0.181. The molecule has 2 aromatic carbocycles. The molecule has 0 atom stereocenters. The monoisotopic (exact) mass is 509 g/mol. The van der Waals surface area contributed by atoms with Crippen LogP contribution in [0.2, 0.25) is 5.02 Å². The Kier molecular flexibility index (Phi) is 7.40. The second-order valence-corrected chi connectivity index (χ2v) is 8.86. The molecule has 0 aromatic heterocycles. The van der Waals surface area contributed by atoms with Gasteiger partial charge in [0.2, 0.25) is 0 Å². The number of thiocarbonyl (C=S) groups is 1. The van der Waals surface area contributed by atoms with Crippen molar-refractivity contribution >= 4 is 73.5 Å². The molecular formula is C21H17BrClNO3S2. The molecule has 29 heavy (non-hydrogen) atoms. The van der Waals surface area contributed by atoms with E-state index in [0.717, 1.165) is 10.0 Å². The van der Waals surface area contributed by atoms with E-state index in [1.807, 2.05) is 31.2 Å². The van der Waals surface area contributed by atoms with Crippen LogP contribution in [0, 0.1) is 0 Å². The van der Waals surface area contributed by atoms with Crippen LogP contribution in [-0.2, 0) is 4.79 Å². The number of amides is 1. The molecule has 1 amide bonds. The third-order valence-electron chi connectivity index (χ3n) is 3.84.